The average Bonchev–Trinajstić information content (AvgIpc) is 3.06. The van der Waals surface area contributed by atoms with E-state index in [1.807, 2.05) is 28.9 Å². The van der Waals surface area contributed by atoms with Crippen LogP contribution in [-0.2, 0) is 16.7 Å². The Morgan fingerprint density at radius 3 is 2.71 bits per heavy atom. The standard InChI is InChI=1S/C20H25ClN6O/c1-13-12-28-10-9-26(13)17-16-18(23-19(22-17)20(2,3)4)27(25-24-16)11-14-7-5-6-8-15(14)21/h5-8,13H,9-12H2,1-4H3. The molecule has 0 amide bonds. The molecule has 3 aromatic rings. The number of morpholine rings is 1. The predicted molar refractivity (Wildman–Crippen MR) is 110 cm³/mol. The largest absolute Gasteiger partial charge is 0.377 e. The number of aromatic nitrogens is 5. The molecule has 4 rings (SSSR count). The molecule has 28 heavy (non-hydrogen) atoms. The number of hydrogen-bond donors (Lipinski definition) is 0. The van der Waals surface area contributed by atoms with Crippen LogP contribution in [0.4, 0.5) is 5.82 Å². The van der Waals surface area contributed by atoms with Gasteiger partial charge in [-0.15, -0.1) is 5.10 Å². The fourth-order valence-electron chi connectivity index (χ4n) is 3.31. The summed E-state index contributed by atoms with van der Waals surface area (Å²) in [4.78, 5) is 12.0. The molecule has 1 atom stereocenters. The van der Waals surface area contributed by atoms with Crippen LogP contribution in [0.3, 0.4) is 0 Å². The van der Waals surface area contributed by atoms with Crippen LogP contribution in [0.1, 0.15) is 39.1 Å². The maximum atomic E-state index is 6.35. The van der Waals surface area contributed by atoms with E-state index in [0.717, 1.165) is 29.4 Å². The second-order valence-corrected chi connectivity index (χ2v) is 8.66. The van der Waals surface area contributed by atoms with Gasteiger partial charge in [0.05, 0.1) is 25.8 Å². The smallest absolute Gasteiger partial charge is 0.184 e. The molecular weight excluding hydrogens is 376 g/mol. The highest BCUT2D eigenvalue weighted by Gasteiger charge is 2.28. The first-order valence-corrected chi connectivity index (χ1v) is 9.92. The van der Waals surface area contributed by atoms with Gasteiger partial charge in [-0.3, -0.25) is 0 Å². The lowest BCUT2D eigenvalue weighted by Gasteiger charge is -2.34. The molecule has 0 N–H and O–H groups in total. The Bertz CT molecular complexity index is 996. The highest BCUT2D eigenvalue weighted by Crippen LogP contribution is 2.29. The number of rotatable bonds is 3. The van der Waals surface area contributed by atoms with E-state index in [1.54, 1.807) is 0 Å². The molecule has 1 aliphatic rings. The van der Waals surface area contributed by atoms with E-state index >= 15 is 0 Å². The average molecular weight is 401 g/mol. The lowest BCUT2D eigenvalue weighted by molar-refractivity contribution is 0.0986. The summed E-state index contributed by atoms with van der Waals surface area (Å²) in [6.07, 6.45) is 0. The van der Waals surface area contributed by atoms with Gasteiger partial charge in [-0.1, -0.05) is 55.8 Å². The van der Waals surface area contributed by atoms with Gasteiger partial charge in [0, 0.05) is 17.0 Å². The first kappa shape index (κ1) is 19.1. The van der Waals surface area contributed by atoms with Crippen LogP contribution in [0, 0.1) is 0 Å². The number of halogens is 1. The minimum atomic E-state index is -0.196. The van der Waals surface area contributed by atoms with Gasteiger partial charge >= 0.3 is 0 Å². The quantitative estimate of drug-likeness (QED) is 0.670. The van der Waals surface area contributed by atoms with E-state index < -0.39 is 0 Å². The summed E-state index contributed by atoms with van der Waals surface area (Å²) in [6, 6.07) is 7.98. The third-order valence-corrected chi connectivity index (χ3v) is 5.30. The molecule has 7 nitrogen and oxygen atoms in total. The van der Waals surface area contributed by atoms with Crippen molar-refractivity contribution in [3.8, 4) is 0 Å². The van der Waals surface area contributed by atoms with E-state index in [4.69, 9.17) is 26.3 Å². The molecule has 0 bridgehead atoms. The Morgan fingerprint density at radius 1 is 1.21 bits per heavy atom. The number of hydrogen-bond acceptors (Lipinski definition) is 6. The molecule has 3 heterocycles. The van der Waals surface area contributed by atoms with Gasteiger partial charge in [0.25, 0.3) is 0 Å². The molecule has 0 aliphatic carbocycles. The van der Waals surface area contributed by atoms with Crippen molar-refractivity contribution in [3.05, 3.63) is 40.7 Å². The van der Waals surface area contributed by atoms with Crippen molar-refractivity contribution < 1.29 is 4.74 Å². The minimum absolute atomic E-state index is 0.196. The zero-order chi connectivity index (χ0) is 19.9. The maximum absolute atomic E-state index is 6.35. The zero-order valence-electron chi connectivity index (χ0n) is 16.7. The predicted octanol–water partition coefficient (Wildman–Crippen LogP) is 3.45. The van der Waals surface area contributed by atoms with Crippen LogP contribution in [0.25, 0.3) is 11.2 Å². The number of fused-ring (bicyclic) bond motifs is 1. The Hall–Kier alpha value is -2.25. The van der Waals surface area contributed by atoms with Gasteiger partial charge < -0.3 is 9.64 Å². The van der Waals surface area contributed by atoms with Crippen LogP contribution in [0.15, 0.2) is 24.3 Å². The van der Waals surface area contributed by atoms with E-state index in [9.17, 15) is 0 Å². The topological polar surface area (TPSA) is 69.0 Å². The van der Waals surface area contributed by atoms with Crippen LogP contribution in [-0.4, -0.2) is 50.8 Å². The maximum Gasteiger partial charge on any atom is 0.184 e. The molecule has 8 heteroatoms. The van der Waals surface area contributed by atoms with Gasteiger partial charge in [-0.05, 0) is 18.6 Å². The monoisotopic (exact) mass is 400 g/mol. The van der Waals surface area contributed by atoms with E-state index in [1.165, 1.54) is 0 Å². The molecule has 1 aromatic carbocycles. The number of anilines is 1. The Balaban J connectivity index is 1.85. The third-order valence-electron chi connectivity index (χ3n) is 4.93. The molecule has 1 fully saturated rings. The van der Waals surface area contributed by atoms with Gasteiger partial charge in [0.2, 0.25) is 0 Å². The fraction of sp³-hybridized carbons (Fsp3) is 0.500. The number of benzene rings is 1. The number of nitrogens with zero attached hydrogens (tertiary/aromatic N) is 6. The molecule has 0 radical (unpaired) electrons. The van der Waals surface area contributed by atoms with Gasteiger partial charge in [-0.2, -0.15) is 0 Å². The second-order valence-electron chi connectivity index (χ2n) is 8.25. The van der Waals surface area contributed by atoms with Crippen molar-refractivity contribution >= 4 is 28.6 Å². The Morgan fingerprint density at radius 2 is 2.00 bits per heavy atom. The third kappa shape index (κ3) is 3.56. The lowest BCUT2D eigenvalue weighted by atomic mass is 9.95. The zero-order valence-corrected chi connectivity index (χ0v) is 17.4. The molecule has 0 saturated carbocycles. The Kier molecular flexibility index (Phi) is 4.97. The van der Waals surface area contributed by atoms with Gasteiger partial charge in [-0.25, -0.2) is 14.6 Å². The molecule has 1 unspecified atom stereocenters. The SMILES string of the molecule is CC1COCCN1c1nc(C(C)(C)C)nc2c1nnn2Cc1ccccc1Cl. The van der Waals surface area contributed by atoms with Crippen molar-refractivity contribution in [2.45, 2.75) is 45.7 Å². The van der Waals surface area contributed by atoms with Crippen LogP contribution in [0.2, 0.25) is 5.02 Å². The summed E-state index contributed by atoms with van der Waals surface area (Å²) in [5.74, 6) is 1.60. The van der Waals surface area contributed by atoms with Crippen molar-refractivity contribution in [3.63, 3.8) is 0 Å². The highest BCUT2D eigenvalue weighted by atomic mass is 35.5. The fourth-order valence-corrected chi connectivity index (χ4v) is 3.51. The first-order chi connectivity index (χ1) is 13.3. The summed E-state index contributed by atoms with van der Waals surface area (Å²) in [5.41, 5.74) is 2.23. The number of ether oxygens (including phenoxy) is 1. The van der Waals surface area contributed by atoms with Crippen molar-refractivity contribution in [1.29, 1.82) is 0 Å². The first-order valence-electron chi connectivity index (χ1n) is 9.54. The van der Waals surface area contributed by atoms with Gasteiger partial charge in [0.1, 0.15) is 5.82 Å². The summed E-state index contributed by atoms with van der Waals surface area (Å²) < 4.78 is 7.41. The van der Waals surface area contributed by atoms with E-state index in [-0.39, 0.29) is 11.5 Å². The van der Waals surface area contributed by atoms with Crippen molar-refractivity contribution in [1.82, 2.24) is 25.0 Å². The lowest BCUT2D eigenvalue weighted by Crippen LogP contribution is -2.44. The summed E-state index contributed by atoms with van der Waals surface area (Å²) in [7, 11) is 0. The molecule has 0 spiro atoms. The Labute approximate surface area is 169 Å². The van der Waals surface area contributed by atoms with E-state index in [2.05, 4.69) is 42.9 Å². The molecule has 2 aromatic heterocycles. The van der Waals surface area contributed by atoms with Crippen molar-refractivity contribution in [2.75, 3.05) is 24.7 Å². The summed E-state index contributed by atoms with van der Waals surface area (Å²) in [5, 5.41) is 9.53. The minimum Gasteiger partial charge on any atom is -0.377 e. The molecule has 1 saturated heterocycles. The molecule has 1 aliphatic heterocycles. The summed E-state index contributed by atoms with van der Waals surface area (Å²) >= 11 is 6.35. The van der Waals surface area contributed by atoms with Crippen LogP contribution >= 0.6 is 11.6 Å². The second kappa shape index (κ2) is 7.29. The summed E-state index contributed by atoms with van der Waals surface area (Å²) in [6.45, 7) is 11.1. The molecule has 148 valence electrons. The van der Waals surface area contributed by atoms with Gasteiger partial charge in [0.15, 0.2) is 17.0 Å². The van der Waals surface area contributed by atoms with Crippen molar-refractivity contribution in [2.24, 2.45) is 0 Å². The van der Waals surface area contributed by atoms with Crippen LogP contribution in [0.5, 0.6) is 0 Å². The highest BCUT2D eigenvalue weighted by molar-refractivity contribution is 6.31. The van der Waals surface area contributed by atoms with E-state index in [0.29, 0.717) is 30.3 Å². The molecular formula is C20H25ClN6O. The normalized spacial score (nSPS) is 18.0. The van der Waals surface area contributed by atoms with Crippen LogP contribution < -0.4 is 4.90 Å².